The van der Waals surface area contributed by atoms with Crippen molar-refractivity contribution in [3.05, 3.63) is 66.8 Å². The van der Waals surface area contributed by atoms with Gasteiger partial charge in [0.05, 0.1) is 0 Å². The molecule has 2 aromatic rings. The van der Waals surface area contributed by atoms with Crippen LogP contribution in [0.1, 0.15) is 87.2 Å². The molecule has 8 heteroatoms. The molecule has 0 amide bonds. The van der Waals surface area contributed by atoms with Gasteiger partial charge in [-0.15, -0.1) is 0 Å². The Labute approximate surface area is 202 Å². The Kier molecular flexibility index (Phi) is 8.06. The van der Waals surface area contributed by atoms with E-state index in [-0.39, 0.29) is 0 Å². The molecule has 182 valence electrons. The monoisotopic (exact) mass is 594 g/mol. The van der Waals surface area contributed by atoms with Gasteiger partial charge in [0.15, 0.2) is 0 Å². The van der Waals surface area contributed by atoms with Crippen molar-refractivity contribution < 1.29 is 24.1 Å². The van der Waals surface area contributed by atoms with E-state index in [0.717, 1.165) is 25.7 Å². The summed E-state index contributed by atoms with van der Waals surface area (Å²) in [6.07, 6.45) is 11.7. The quantitative estimate of drug-likeness (QED) is 0.251. The SMILES string of the molecule is O=S(=O)(OI(c1ccc(C2CCCCC2)cc1)c1ccc(C2CCCCC2)cc1)C(F)(F)F. The molecule has 0 unspecified atom stereocenters. The molecule has 0 aromatic heterocycles. The van der Waals surface area contributed by atoms with Crippen LogP contribution in [-0.2, 0) is 12.6 Å². The van der Waals surface area contributed by atoms with E-state index in [2.05, 4.69) is 0 Å². The van der Waals surface area contributed by atoms with Crippen LogP contribution in [0.3, 0.4) is 0 Å². The van der Waals surface area contributed by atoms with Gasteiger partial charge < -0.3 is 0 Å². The zero-order valence-electron chi connectivity index (χ0n) is 18.5. The number of rotatable bonds is 6. The van der Waals surface area contributed by atoms with Crippen LogP contribution in [0.15, 0.2) is 48.5 Å². The molecule has 2 fully saturated rings. The van der Waals surface area contributed by atoms with Crippen LogP contribution < -0.4 is 0 Å². The van der Waals surface area contributed by atoms with Crippen molar-refractivity contribution in [1.82, 2.24) is 0 Å². The number of hydrogen-bond acceptors (Lipinski definition) is 3. The van der Waals surface area contributed by atoms with E-state index in [9.17, 15) is 21.6 Å². The van der Waals surface area contributed by atoms with Gasteiger partial charge in [-0.05, 0) is 0 Å². The first-order valence-electron chi connectivity index (χ1n) is 11.7. The van der Waals surface area contributed by atoms with Crippen LogP contribution in [0.4, 0.5) is 13.2 Å². The minimum absolute atomic E-state index is 0.463. The third-order valence-corrected chi connectivity index (χ3v) is 13.8. The Bertz CT molecular complexity index is 947. The molecule has 3 nitrogen and oxygen atoms in total. The molecule has 0 radical (unpaired) electrons. The van der Waals surface area contributed by atoms with Gasteiger partial charge in [0.1, 0.15) is 0 Å². The van der Waals surface area contributed by atoms with Gasteiger partial charge in [-0.1, -0.05) is 0 Å². The van der Waals surface area contributed by atoms with Crippen molar-refractivity contribution in [2.75, 3.05) is 0 Å². The summed E-state index contributed by atoms with van der Waals surface area (Å²) < 4.78 is 69.4. The van der Waals surface area contributed by atoms with Crippen molar-refractivity contribution in [2.24, 2.45) is 0 Å². The average molecular weight is 594 g/mol. The molecule has 2 aliphatic rings. The van der Waals surface area contributed by atoms with E-state index in [0.29, 0.717) is 19.0 Å². The minimum atomic E-state index is -5.68. The fraction of sp³-hybridized carbons (Fsp3) is 0.520. The Balaban J connectivity index is 1.62. The van der Waals surface area contributed by atoms with Crippen LogP contribution in [0.2, 0.25) is 0 Å². The van der Waals surface area contributed by atoms with Gasteiger partial charge in [-0.25, -0.2) is 0 Å². The van der Waals surface area contributed by atoms with Crippen molar-refractivity contribution in [3.63, 3.8) is 0 Å². The third kappa shape index (κ3) is 6.11. The molecule has 0 heterocycles. The molecule has 2 aromatic carbocycles. The summed E-state index contributed by atoms with van der Waals surface area (Å²) in [6, 6.07) is 14.9. The predicted molar refractivity (Wildman–Crippen MR) is 132 cm³/mol. The van der Waals surface area contributed by atoms with Crippen LogP contribution in [0.5, 0.6) is 0 Å². The maximum absolute atomic E-state index is 13.2. The second kappa shape index (κ2) is 10.6. The van der Waals surface area contributed by atoms with Crippen LogP contribution >= 0.6 is 20.2 Å². The summed E-state index contributed by atoms with van der Waals surface area (Å²) in [4.78, 5) is 0. The summed E-state index contributed by atoms with van der Waals surface area (Å²) in [5.74, 6) is 0.925. The van der Waals surface area contributed by atoms with E-state index in [1.54, 1.807) is 24.3 Å². The Morgan fingerprint density at radius 2 is 1.03 bits per heavy atom. The fourth-order valence-corrected chi connectivity index (χ4v) is 11.3. The molecule has 0 atom stereocenters. The van der Waals surface area contributed by atoms with Crippen molar-refractivity contribution in [2.45, 2.75) is 81.6 Å². The van der Waals surface area contributed by atoms with Crippen molar-refractivity contribution in [3.8, 4) is 0 Å². The summed E-state index contributed by atoms with van der Waals surface area (Å²) in [6.45, 7) is 0. The van der Waals surface area contributed by atoms with Gasteiger partial charge in [0, 0.05) is 0 Å². The Hall–Kier alpha value is -1.13. The molecule has 0 aliphatic heterocycles. The first-order valence-corrected chi connectivity index (χ1v) is 16.1. The number of benzene rings is 2. The molecule has 0 N–H and O–H groups in total. The standard InChI is InChI=1S/C25H30F3IO3S/c26-25(27,28)33(30,31)32-29(23-15-11-21(12-16-23)19-7-3-1-4-8-19)24-17-13-22(14-18-24)20-9-5-2-6-10-20/h11-20H,1-10H2. The molecule has 33 heavy (non-hydrogen) atoms. The zero-order chi connectivity index (χ0) is 23.5. The number of halogens is 4. The predicted octanol–water partition coefficient (Wildman–Crippen LogP) is 8.11. The van der Waals surface area contributed by atoms with Crippen LogP contribution in [0, 0.1) is 7.14 Å². The first-order chi connectivity index (χ1) is 15.7. The summed E-state index contributed by atoms with van der Waals surface area (Å²) in [7, 11) is -5.68. The third-order valence-electron chi connectivity index (χ3n) is 6.72. The second-order valence-corrected chi connectivity index (χ2v) is 15.5. The van der Waals surface area contributed by atoms with E-state index in [1.807, 2.05) is 24.3 Å². The fourth-order valence-electron chi connectivity index (χ4n) is 4.89. The molecule has 0 bridgehead atoms. The van der Waals surface area contributed by atoms with Crippen LogP contribution in [0.25, 0.3) is 0 Å². The van der Waals surface area contributed by atoms with Crippen LogP contribution in [-0.4, -0.2) is 13.9 Å². The van der Waals surface area contributed by atoms with E-state index in [1.165, 1.54) is 49.7 Å². The van der Waals surface area contributed by atoms with Crippen molar-refractivity contribution in [1.29, 1.82) is 0 Å². The molecule has 2 aliphatic carbocycles. The van der Waals surface area contributed by atoms with E-state index in [4.69, 9.17) is 2.51 Å². The van der Waals surface area contributed by atoms with E-state index < -0.39 is 35.9 Å². The summed E-state index contributed by atoms with van der Waals surface area (Å²) >= 11 is -3.33. The topological polar surface area (TPSA) is 43.4 Å². The molecular weight excluding hydrogens is 564 g/mol. The van der Waals surface area contributed by atoms with Gasteiger partial charge in [-0.2, -0.15) is 0 Å². The summed E-state index contributed by atoms with van der Waals surface area (Å²) in [5, 5.41) is 0. The average Bonchev–Trinajstić information content (AvgIpc) is 2.83. The van der Waals surface area contributed by atoms with E-state index >= 15 is 0 Å². The molecule has 0 spiro atoms. The molecule has 2 saturated carbocycles. The maximum atomic E-state index is 13.2. The Morgan fingerprint density at radius 1 is 0.667 bits per heavy atom. The normalized spacial score (nSPS) is 19.4. The molecular formula is C25H30F3IO3S. The van der Waals surface area contributed by atoms with Gasteiger partial charge in [0.2, 0.25) is 0 Å². The second-order valence-electron chi connectivity index (χ2n) is 8.98. The first kappa shape index (κ1) is 25.0. The summed E-state index contributed by atoms with van der Waals surface area (Å²) in [5.41, 5.74) is -3.10. The Morgan fingerprint density at radius 3 is 1.36 bits per heavy atom. The van der Waals surface area contributed by atoms with Gasteiger partial charge in [0.25, 0.3) is 0 Å². The number of hydrogen-bond donors (Lipinski definition) is 0. The van der Waals surface area contributed by atoms with Gasteiger partial charge >= 0.3 is 203 Å². The van der Waals surface area contributed by atoms with Crippen molar-refractivity contribution >= 4 is 30.4 Å². The number of alkyl halides is 3. The molecule has 0 saturated heterocycles. The zero-order valence-corrected chi connectivity index (χ0v) is 21.5. The molecule has 4 rings (SSSR count). The van der Waals surface area contributed by atoms with Gasteiger partial charge in [-0.3, -0.25) is 0 Å².